The van der Waals surface area contributed by atoms with Crippen molar-refractivity contribution in [2.45, 2.75) is 26.8 Å². The van der Waals surface area contributed by atoms with E-state index in [1.54, 1.807) is 13.0 Å². The highest BCUT2D eigenvalue weighted by molar-refractivity contribution is 6.30. The molecular weight excluding hydrogens is 360 g/mol. The van der Waals surface area contributed by atoms with Gasteiger partial charge in [-0.3, -0.25) is 9.59 Å². The Labute approximate surface area is 155 Å². The van der Waals surface area contributed by atoms with E-state index in [1.807, 2.05) is 11.5 Å². The number of halogens is 1. The molecule has 0 saturated carbocycles. The van der Waals surface area contributed by atoms with Crippen LogP contribution in [-0.4, -0.2) is 41.0 Å². The van der Waals surface area contributed by atoms with Gasteiger partial charge in [0.05, 0.1) is 13.5 Å². The van der Waals surface area contributed by atoms with Crippen molar-refractivity contribution in [2.24, 2.45) is 0 Å². The Morgan fingerprint density at radius 1 is 1.23 bits per heavy atom. The highest BCUT2D eigenvalue weighted by Gasteiger charge is 2.19. The second-order valence-corrected chi connectivity index (χ2v) is 6.06. The molecule has 2 rings (SSSR count). The Kier molecular flexibility index (Phi) is 6.52. The van der Waals surface area contributed by atoms with Gasteiger partial charge in [-0.05, 0) is 32.0 Å². The largest absolute Gasteiger partial charge is 0.469 e. The summed E-state index contributed by atoms with van der Waals surface area (Å²) in [7, 11) is 1.33. The van der Waals surface area contributed by atoms with E-state index in [4.69, 9.17) is 16.3 Å². The summed E-state index contributed by atoms with van der Waals surface area (Å²) < 4.78 is 11.5. The van der Waals surface area contributed by atoms with Crippen LogP contribution < -0.4 is 0 Å². The number of ether oxygens (including phenoxy) is 2. The maximum atomic E-state index is 12.4. The minimum atomic E-state index is -0.722. The zero-order chi connectivity index (χ0) is 19.3. The van der Waals surface area contributed by atoms with Crippen LogP contribution in [0.3, 0.4) is 0 Å². The predicted octanol–water partition coefficient (Wildman–Crippen LogP) is 2.76. The van der Waals surface area contributed by atoms with E-state index < -0.39 is 12.6 Å². The third-order valence-corrected chi connectivity index (χ3v) is 4.14. The zero-order valence-corrected chi connectivity index (χ0v) is 15.5. The third kappa shape index (κ3) is 4.70. The highest BCUT2D eigenvalue weighted by atomic mass is 35.5. The van der Waals surface area contributed by atoms with Crippen LogP contribution in [0.2, 0.25) is 5.02 Å². The van der Waals surface area contributed by atoms with Gasteiger partial charge in [-0.25, -0.2) is 9.78 Å². The molecule has 0 aliphatic heterocycles. The number of methoxy groups -OCH3 is 1. The first-order valence-corrected chi connectivity index (χ1v) is 8.26. The summed E-state index contributed by atoms with van der Waals surface area (Å²) in [4.78, 5) is 39.5. The lowest BCUT2D eigenvalue weighted by Crippen LogP contribution is -2.16. The van der Waals surface area contributed by atoms with Gasteiger partial charge in [-0.2, -0.15) is 0 Å². The molecule has 2 aromatic heterocycles. The topological polar surface area (TPSA) is 87.5 Å². The van der Waals surface area contributed by atoms with Gasteiger partial charge in [0.1, 0.15) is 5.69 Å². The molecule has 0 saturated heterocycles. The lowest BCUT2D eigenvalue weighted by molar-refractivity contribution is -0.140. The first-order valence-electron chi connectivity index (χ1n) is 7.89. The molecule has 0 aromatic carbocycles. The van der Waals surface area contributed by atoms with Crippen LogP contribution in [-0.2, 0) is 20.8 Å². The molecule has 0 amide bonds. The molecule has 26 heavy (non-hydrogen) atoms. The van der Waals surface area contributed by atoms with E-state index in [1.165, 1.54) is 25.4 Å². The van der Waals surface area contributed by atoms with Gasteiger partial charge >= 0.3 is 11.9 Å². The second kappa shape index (κ2) is 8.62. The summed E-state index contributed by atoms with van der Waals surface area (Å²) in [6.45, 7) is 3.61. The third-order valence-electron chi connectivity index (χ3n) is 3.91. The molecule has 2 heterocycles. The standard InChI is InChI=1S/C18H19ClN2O5/c1-11-8-14(12(2)21(11)7-5-17(23)25-3)16(22)10-26-18(24)15-9-13(19)4-6-20-15/h4,6,8-9H,5,7,10H2,1-3H3. The number of aryl methyl sites for hydroxylation is 1. The van der Waals surface area contributed by atoms with Gasteiger partial charge in [0, 0.05) is 34.7 Å². The Morgan fingerprint density at radius 3 is 2.62 bits per heavy atom. The van der Waals surface area contributed by atoms with Crippen molar-refractivity contribution >= 4 is 29.3 Å². The molecule has 0 N–H and O–H groups in total. The van der Waals surface area contributed by atoms with Crippen molar-refractivity contribution in [3.63, 3.8) is 0 Å². The van der Waals surface area contributed by atoms with Crippen LogP contribution in [0.15, 0.2) is 24.4 Å². The Hall–Kier alpha value is -2.67. The normalized spacial score (nSPS) is 10.5. The highest BCUT2D eigenvalue weighted by Crippen LogP contribution is 2.17. The van der Waals surface area contributed by atoms with Crippen molar-refractivity contribution < 1.29 is 23.9 Å². The van der Waals surface area contributed by atoms with Crippen molar-refractivity contribution in [2.75, 3.05) is 13.7 Å². The number of aromatic nitrogens is 2. The average molecular weight is 379 g/mol. The quantitative estimate of drug-likeness (QED) is 0.543. The number of hydrogen-bond donors (Lipinski definition) is 0. The molecule has 8 heteroatoms. The van der Waals surface area contributed by atoms with Gasteiger partial charge in [0.25, 0.3) is 0 Å². The number of carbonyl (C=O) groups is 3. The molecule has 0 radical (unpaired) electrons. The van der Waals surface area contributed by atoms with E-state index in [9.17, 15) is 14.4 Å². The minimum absolute atomic E-state index is 0.0360. The molecule has 0 unspecified atom stereocenters. The van der Waals surface area contributed by atoms with Crippen LogP contribution in [0.5, 0.6) is 0 Å². The van der Waals surface area contributed by atoms with Crippen molar-refractivity contribution in [1.82, 2.24) is 9.55 Å². The predicted molar refractivity (Wildman–Crippen MR) is 94.4 cm³/mol. The molecule has 0 aliphatic carbocycles. The SMILES string of the molecule is COC(=O)CCn1c(C)cc(C(=O)COC(=O)c2cc(Cl)ccn2)c1C. The molecule has 0 atom stereocenters. The number of carbonyl (C=O) groups excluding carboxylic acids is 3. The van der Waals surface area contributed by atoms with Crippen molar-refractivity contribution in [1.29, 1.82) is 0 Å². The summed E-state index contributed by atoms with van der Waals surface area (Å²) in [6, 6.07) is 4.61. The molecule has 138 valence electrons. The smallest absolute Gasteiger partial charge is 0.357 e. The number of ketones is 1. The Balaban J connectivity index is 2.03. The van der Waals surface area contributed by atoms with Gasteiger partial charge in [0.15, 0.2) is 6.61 Å². The van der Waals surface area contributed by atoms with Gasteiger partial charge in [-0.15, -0.1) is 0 Å². The maximum absolute atomic E-state index is 12.4. The monoisotopic (exact) mass is 378 g/mol. The lowest BCUT2D eigenvalue weighted by atomic mass is 10.1. The lowest BCUT2D eigenvalue weighted by Gasteiger charge is -2.09. The fraction of sp³-hybridized carbons (Fsp3) is 0.333. The average Bonchev–Trinajstić information content (AvgIpc) is 2.91. The van der Waals surface area contributed by atoms with Gasteiger partial charge < -0.3 is 14.0 Å². The first-order chi connectivity index (χ1) is 12.3. The molecule has 7 nitrogen and oxygen atoms in total. The van der Waals surface area contributed by atoms with E-state index in [0.29, 0.717) is 22.8 Å². The van der Waals surface area contributed by atoms with Crippen molar-refractivity contribution in [3.8, 4) is 0 Å². The second-order valence-electron chi connectivity index (χ2n) is 5.62. The van der Waals surface area contributed by atoms with Crippen LogP contribution >= 0.6 is 11.6 Å². The number of rotatable bonds is 7. The molecule has 0 aliphatic rings. The maximum Gasteiger partial charge on any atom is 0.357 e. The van der Waals surface area contributed by atoms with Crippen LogP contribution in [0, 0.1) is 13.8 Å². The van der Waals surface area contributed by atoms with E-state index in [-0.39, 0.29) is 23.9 Å². The number of Topliss-reactive ketones (excluding diaryl/α,β-unsaturated/α-hetero) is 1. The molecule has 0 fully saturated rings. The van der Waals surface area contributed by atoms with Gasteiger partial charge in [-0.1, -0.05) is 11.6 Å². The van der Waals surface area contributed by atoms with Crippen LogP contribution in [0.1, 0.15) is 38.7 Å². The van der Waals surface area contributed by atoms with E-state index in [2.05, 4.69) is 9.72 Å². The molecule has 2 aromatic rings. The summed E-state index contributed by atoms with van der Waals surface area (Å²) in [5.74, 6) is -1.38. The summed E-state index contributed by atoms with van der Waals surface area (Å²) >= 11 is 5.80. The van der Waals surface area contributed by atoms with E-state index in [0.717, 1.165) is 5.69 Å². The Morgan fingerprint density at radius 2 is 1.96 bits per heavy atom. The Bertz CT molecular complexity index is 844. The first kappa shape index (κ1) is 19.7. The minimum Gasteiger partial charge on any atom is -0.469 e. The number of hydrogen-bond acceptors (Lipinski definition) is 6. The molecular formula is C18H19ClN2O5. The molecule has 0 bridgehead atoms. The van der Waals surface area contributed by atoms with Crippen LogP contribution in [0.4, 0.5) is 0 Å². The van der Waals surface area contributed by atoms with E-state index >= 15 is 0 Å². The fourth-order valence-corrected chi connectivity index (χ4v) is 2.69. The van der Waals surface area contributed by atoms with Crippen molar-refractivity contribution in [3.05, 3.63) is 52.1 Å². The number of nitrogens with zero attached hydrogens (tertiary/aromatic N) is 2. The summed E-state index contributed by atoms with van der Waals surface area (Å²) in [5.41, 5.74) is 2.01. The number of pyridine rings is 1. The summed E-state index contributed by atoms with van der Waals surface area (Å²) in [6.07, 6.45) is 1.59. The van der Waals surface area contributed by atoms with Gasteiger partial charge in [0.2, 0.25) is 5.78 Å². The van der Waals surface area contributed by atoms with Crippen LogP contribution in [0.25, 0.3) is 0 Å². The fourth-order valence-electron chi connectivity index (χ4n) is 2.53. The summed E-state index contributed by atoms with van der Waals surface area (Å²) in [5, 5.41) is 0.354. The number of esters is 2. The zero-order valence-electron chi connectivity index (χ0n) is 14.7. The molecule has 0 spiro atoms.